The van der Waals surface area contributed by atoms with Crippen LogP contribution in [0, 0.1) is 0 Å². The Bertz CT molecular complexity index is 820. The number of rotatable bonds is 6. The van der Waals surface area contributed by atoms with Crippen LogP contribution in [0.1, 0.15) is 24.6 Å². The molecule has 1 saturated heterocycles. The standard InChI is InChI=1S/C19H22N2O3S2/c1-13-11-15-17(26-13)18(22)21(12-14-5-3-2-4-6-14)19(20-15)25-10-7-16-23-8-9-24-16/h2-6,13,16H,7-12H2,1H3. The van der Waals surface area contributed by atoms with Gasteiger partial charge in [-0.1, -0.05) is 49.0 Å². The van der Waals surface area contributed by atoms with Gasteiger partial charge in [0.1, 0.15) is 0 Å². The van der Waals surface area contributed by atoms with E-state index in [0.29, 0.717) is 25.0 Å². The first-order valence-corrected chi connectivity index (χ1v) is 10.8. The SMILES string of the molecule is CC1Cc2nc(SCCC3OCCO3)n(Cc3ccccc3)c(=O)c2S1. The Kier molecular flexibility index (Phi) is 5.69. The van der Waals surface area contributed by atoms with Crippen molar-refractivity contribution in [2.24, 2.45) is 0 Å². The van der Waals surface area contributed by atoms with Crippen molar-refractivity contribution in [1.29, 1.82) is 0 Å². The number of hydrogen-bond acceptors (Lipinski definition) is 6. The van der Waals surface area contributed by atoms with Gasteiger partial charge in [0, 0.05) is 23.8 Å². The van der Waals surface area contributed by atoms with E-state index in [4.69, 9.17) is 14.5 Å². The molecule has 2 aliphatic rings. The van der Waals surface area contributed by atoms with Gasteiger partial charge in [0.15, 0.2) is 11.4 Å². The summed E-state index contributed by atoms with van der Waals surface area (Å²) in [7, 11) is 0. The second-order valence-electron chi connectivity index (χ2n) is 6.49. The Hall–Kier alpha value is -1.28. The molecule has 1 aromatic heterocycles. The summed E-state index contributed by atoms with van der Waals surface area (Å²) < 4.78 is 12.8. The number of benzene rings is 1. The fourth-order valence-electron chi connectivity index (χ4n) is 3.17. The predicted molar refractivity (Wildman–Crippen MR) is 104 cm³/mol. The van der Waals surface area contributed by atoms with Crippen LogP contribution in [0.25, 0.3) is 0 Å². The molecule has 0 aliphatic carbocycles. The number of thioether (sulfide) groups is 2. The molecule has 0 saturated carbocycles. The van der Waals surface area contributed by atoms with Gasteiger partial charge < -0.3 is 9.47 Å². The Morgan fingerprint density at radius 2 is 2.04 bits per heavy atom. The highest BCUT2D eigenvalue weighted by atomic mass is 32.2. The molecule has 0 bridgehead atoms. The van der Waals surface area contributed by atoms with Gasteiger partial charge in [-0.25, -0.2) is 4.98 Å². The molecule has 0 amide bonds. The second kappa shape index (κ2) is 8.17. The van der Waals surface area contributed by atoms with Gasteiger partial charge in [-0.2, -0.15) is 0 Å². The van der Waals surface area contributed by atoms with E-state index in [1.54, 1.807) is 23.5 Å². The molecule has 1 unspecified atom stereocenters. The molecular weight excluding hydrogens is 368 g/mol. The molecule has 1 fully saturated rings. The highest BCUT2D eigenvalue weighted by Gasteiger charge is 2.26. The Balaban J connectivity index is 1.59. The zero-order chi connectivity index (χ0) is 17.9. The van der Waals surface area contributed by atoms with Crippen molar-refractivity contribution >= 4 is 23.5 Å². The van der Waals surface area contributed by atoms with Gasteiger partial charge in [0.25, 0.3) is 5.56 Å². The summed E-state index contributed by atoms with van der Waals surface area (Å²) in [6, 6.07) is 10.1. The molecule has 0 radical (unpaired) electrons. The normalized spacial score (nSPS) is 19.8. The van der Waals surface area contributed by atoms with Gasteiger partial charge in [-0.3, -0.25) is 9.36 Å². The summed E-state index contributed by atoms with van der Waals surface area (Å²) in [5.41, 5.74) is 2.15. The van der Waals surface area contributed by atoms with Crippen molar-refractivity contribution in [3.63, 3.8) is 0 Å². The van der Waals surface area contributed by atoms with Crippen LogP contribution in [0.2, 0.25) is 0 Å². The molecule has 4 rings (SSSR count). The van der Waals surface area contributed by atoms with Crippen LogP contribution in [0.4, 0.5) is 0 Å². The quantitative estimate of drug-likeness (QED) is 0.558. The molecular formula is C19H22N2O3S2. The zero-order valence-corrected chi connectivity index (χ0v) is 16.4. The smallest absolute Gasteiger partial charge is 0.268 e. The van der Waals surface area contributed by atoms with Crippen LogP contribution >= 0.6 is 23.5 Å². The number of nitrogens with zero attached hydrogens (tertiary/aromatic N) is 2. The highest BCUT2D eigenvalue weighted by Crippen LogP contribution is 2.34. The summed E-state index contributed by atoms with van der Waals surface area (Å²) >= 11 is 3.27. The first-order chi connectivity index (χ1) is 12.7. The lowest BCUT2D eigenvalue weighted by Crippen LogP contribution is -2.26. The summed E-state index contributed by atoms with van der Waals surface area (Å²) in [5, 5.41) is 1.21. The Labute approximate surface area is 161 Å². The van der Waals surface area contributed by atoms with E-state index < -0.39 is 0 Å². The van der Waals surface area contributed by atoms with Crippen LogP contribution in [-0.4, -0.2) is 40.1 Å². The van der Waals surface area contributed by atoms with Gasteiger partial charge >= 0.3 is 0 Å². The Morgan fingerprint density at radius 1 is 1.27 bits per heavy atom. The third-order valence-corrected chi connectivity index (χ3v) is 6.65. The number of ether oxygens (including phenoxy) is 2. The molecule has 26 heavy (non-hydrogen) atoms. The molecule has 1 aromatic carbocycles. The maximum absolute atomic E-state index is 13.1. The van der Waals surface area contributed by atoms with Gasteiger partial charge in [0.2, 0.25) is 0 Å². The van der Waals surface area contributed by atoms with Crippen molar-refractivity contribution in [2.45, 2.75) is 47.9 Å². The van der Waals surface area contributed by atoms with Gasteiger partial charge in [-0.15, -0.1) is 11.8 Å². The minimum absolute atomic E-state index is 0.0871. The van der Waals surface area contributed by atoms with E-state index in [9.17, 15) is 4.79 Å². The average Bonchev–Trinajstić information content (AvgIpc) is 3.28. The fourth-order valence-corrected chi connectivity index (χ4v) is 5.26. The van der Waals surface area contributed by atoms with Crippen molar-refractivity contribution in [1.82, 2.24) is 9.55 Å². The van der Waals surface area contributed by atoms with Crippen LogP contribution in [0.15, 0.2) is 45.2 Å². The zero-order valence-electron chi connectivity index (χ0n) is 14.7. The van der Waals surface area contributed by atoms with Crippen molar-refractivity contribution < 1.29 is 9.47 Å². The first kappa shape index (κ1) is 18.1. The van der Waals surface area contributed by atoms with E-state index >= 15 is 0 Å². The summed E-state index contributed by atoms with van der Waals surface area (Å²) in [6.45, 7) is 4.03. The maximum Gasteiger partial charge on any atom is 0.268 e. The molecule has 7 heteroatoms. The molecule has 3 heterocycles. The molecule has 0 spiro atoms. The third kappa shape index (κ3) is 4.01. The van der Waals surface area contributed by atoms with Crippen LogP contribution in [-0.2, 0) is 22.4 Å². The number of hydrogen-bond donors (Lipinski definition) is 0. The molecule has 0 N–H and O–H groups in total. The average molecular weight is 391 g/mol. The lowest BCUT2D eigenvalue weighted by molar-refractivity contribution is -0.0421. The molecule has 2 aromatic rings. The van der Waals surface area contributed by atoms with Crippen molar-refractivity contribution in [3.8, 4) is 0 Å². The largest absolute Gasteiger partial charge is 0.350 e. The van der Waals surface area contributed by atoms with E-state index in [-0.39, 0.29) is 11.8 Å². The summed E-state index contributed by atoms with van der Waals surface area (Å²) in [6.07, 6.45) is 1.54. The fraction of sp³-hybridized carbons (Fsp3) is 0.474. The van der Waals surface area contributed by atoms with Crippen molar-refractivity contribution in [3.05, 3.63) is 51.9 Å². The summed E-state index contributed by atoms with van der Waals surface area (Å²) in [5.74, 6) is 0.813. The summed E-state index contributed by atoms with van der Waals surface area (Å²) in [4.78, 5) is 18.8. The van der Waals surface area contributed by atoms with E-state index in [1.807, 2.05) is 34.9 Å². The first-order valence-electron chi connectivity index (χ1n) is 8.91. The lowest BCUT2D eigenvalue weighted by Gasteiger charge is -2.14. The number of fused-ring (bicyclic) bond motifs is 1. The number of aromatic nitrogens is 2. The molecule has 1 atom stereocenters. The van der Waals surface area contributed by atoms with E-state index in [0.717, 1.165) is 39.9 Å². The van der Waals surface area contributed by atoms with Gasteiger partial charge in [0.05, 0.1) is 30.3 Å². The Morgan fingerprint density at radius 3 is 2.81 bits per heavy atom. The second-order valence-corrected chi connectivity index (χ2v) is 9.00. The minimum atomic E-state index is -0.123. The van der Waals surface area contributed by atoms with Gasteiger partial charge in [-0.05, 0) is 5.56 Å². The monoisotopic (exact) mass is 390 g/mol. The maximum atomic E-state index is 13.1. The molecule has 138 valence electrons. The third-order valence-electron chi connectivity index (χ3n) is 4.42. The predicted octanol–water partition coefficient (Wildman–Crippen LogP) is 3.18. The topological polar surface area (TPSA) is 53.4 Å². The van der Waals surface area contributed by atoms with Crippen molar-refractivity contribution in [2.75, 3.05) is 19.0 Å². The van der Waals surface area contributed by atoms with Crippen LogP contribution in [0.3, 0.4) is 0 Å². The van der Waals surface area contributed by atoms with E-state index in [2.05, 4.69) is 6.92 Å². The highest BCUT2D eigenvalue weighted by molar-refractivity contribution is 8.00. The van der Waals surface area contributed by atoms with Crippen LogP contribution < -0.4 is 5.56 Å². The molecule has 5 nitrogen and oxygen atoms in total. The van der Waals surface area contributed by atoms with E-state index in [1.165, 1.54) is 0 Å². The minimum Gasteiger partial charge on any atom is -0.350 e. The lowest BCUT2D eigenvalue weighted by atomic mass is 10.2. The molecule has 2 aliphatic heterocycles. The van der Waals surface area contributed by atoms with Crippen LogP contribution in [0.5, 0.6) is 0 Å².